The van der Waals surface area contributed by atoms with Crippen molar-refractivity contribution in [3.05, 3.63) is 53.9 Å². The Kier molecular flexibility index (Phi) is 6.18. The molecule has 0 aliphatic heterocycles. The predicted octanol–water partition coefficient (Wildman–Crippen LogP) is 1.14. The lowest BCUT2D eigenvalue weighted by atomic mass is 10.1. The molecule has 21 heavy (non-hydrogen) atoms. The molecule has 0 fully saturated rings. The van der Waals surface area contributed by atoms with Gasteiger partial charge in [-0.05, 0) is 11.6 Å². The third-order valence-corrected chi connectivity index (χ3v) is 2.30. The van der Waals surface area contributed by atoms with Crippen LogP contribution in [-0.2, 0) is 15.1 Å². The van der Waals surface area contributed by atoms with E-state index in [9.17, 15) is 0 Å². The lowest BCUT2D eigenvalue weighted by molar-refractivity contribution is 0.133. The van der Waals surface area contributed by atoms with Gasteiger partial charge in [-0.15, -0.1) is 0 Å². The molecule has 0 amide bonds. The van der Waals surface area contributed by atoms with Crippen molar-refractivity contribution in [2.75, 3.05) is 12.8 Å². The number of methoxy groups -OCH3 is 1. The smallest absolute Gasteiger partial charge is 0.370 e. The fourth-order valence-corrected chi connectivity index (χ4v) is 1.59. The van der Waals surface area contributed by atoms with Crippen LogP contribution < -0.4 is 5.73 Å². The molecular formula is C12H15N3O5S. The van der Waals surface area contributed by atoms with Crippen LogP contribution in [0.5, 0.6) is 0 Å². The highest BCUT2D eigenvalue weighted by Crippen LogP contribution is 2.23. The normalized spacial score (nSPS) is 12.1. The number of anilines is 1. The third-order valence-electron chi connectivity index (χ3n) is 2.30. The summed E-state index contributed by atoms with van der Waals surface area (Å²) in [5.41, 5.74) is 7.36. The van der Waals surface area contributed by atoms with Crippen molar-refractivity contribution in [2.24, 2.45) is 0 Å². The van der Waals surface area contributed by atoms with E-state index in [1.54, 1.807) is 19.4 Å². The number of nitrogens with two attached hydrogens (primary N) is 1. The minimum atomic E-state index is -4.67. The first kappa shape index (κ1) is 17.0. The Bertz CT molecular complexity index is 656. The number of aromatic nitrogens is 2. The highest BCUT2D eigenvalue weighted by atomic mass is 32.3. The summed E-state index contributed by atoms with van der Waals surface area (Å²) in [5, 5.41) is 0. The fourth-order valence-electron chi connectivity index (χ4n) is 1.59. The van der Waals surface area contributed by atoms with E-state index in [4.69, 9.17) is 28.0 Å². The zero-order valence-electron chi connectivity index (χ0n) is 11.1. The number of ether oxygens (including phenoxy) is 1. The number of nitrogen functional groups attached to an aromatic ring is 1. The topological polar surface area (TPSA) is 136 Å². The molecule has 8 nitrogen and oxygen atoms in total. The average Bonchev–Trinajstić information content (AvgIpc) is 2.39. The molecule has 0 saturated heterocycles. The molecule has 1 heterocycles. The van der Waals surface area contributed by atoms with Crippen molar-refractivity contribution in [1.29, 1.82) is 0 Å². The van der Waals surface area contributed by atoms with Gasteiger partial charge < -0.3 is 10.5 Å². The lowest BCUT2D eigenvalue weighted by Crippen LogP contribution is -2.07. The van der Waals surface area contributed by atoms with Crippen LogP contribution in [-0.4, -0.2) is 34.6 Å². The second-order valence-electron chi connectivity index (χ2n) is 3.81. The van der Waals surface area contributed by atoms with E-state index in [1.807, 2.05) is 30.3 Å². The molecule has 1 aromatic carbocycles. The van der Waals surface area contributed by atoms with Gasteiger partial charge in [0.25, 0.3) is 0 Å². The Morgan fingerprint density at radius 2 is 1.76 bits per heavy atom. The van der Waals surface area contributed by atoms with E-state index >= 15 is 0 Å². The van der Waals surface area contributed by atoms with Gasteiger partial charge in [-0.3, -0.25) is 9.11 Å². The minimum absolute atomic E-state index is 0.202. The molecular weight excluding hydrogens is 298 g/mol. The Labute approximate surface area is 122 Å². The van der Waals surface area contributed by atoms with Crippen LogP contribution in [0.2, 0.25) is 0 Å². The van der Waals surface area contributed by atoms with E-state index < -0.39 is 10.4 Å². The molecule has 0 aliphatic carbocycles. The summed E-state index contributed by atoms with van der Waals surface area (Å²) in [5.74, 6) is 0.260. The van der Waals surface area contributed by atoms with Crippen LogP contribution in [0.4, 0.5) is 5.95 Å². The molecule has 0 saturated carbocycles. The van der Waals surface area contributed by atoms with E-state index in [2.05, 4.69) is 9.97 Å². The molecule has 1 atom stereocenters. The van der Waals surface area contributed by atoms with Gasteiger partial charge >= 0.3 is 10.4 Å². The van der Waals surface area contributed by atoms with Crippen LogP contribution in [0.15, 0.2) is 42.6 Å². The highest BCUT2D eigenvalue weighted by molar-refractivity contribution is 7.79. The predicted molar refractivity (Wildman–Crippen MR) is 75.9 cm³/mol. The molecule has 0 spiro atoms. The van der Waals surface area contributed by atoms with Crippen molar-refractivity contribution >= 4 is 16.3 Å². The maximum absolute atomic E-state index is 8.74. The highest BCUT2D eigenvalue weighted by Gasteiger charge is 2.14. The van der Waals surface area contributed by atoms with Gasteiger partial charge in [-0.2, -0.15) is 8.42 Å². The van der Waals surface area contributed by atoms with Gasteiger partial charge in [0.1, 0.15) is 6.10 Å². The molecule has 0 aliphatic rings. The number of rotatable bonds is 3. The number of nitrogens with zero attached hydrogens (tertiary/aromatic N) is 2. The number of hydrogen-bond donors (Lipinski definition) is 3. The average molecular weight is 313 g/mol. The SMILES string of the molecule is COC(c1ccccc1)c1ccnc(N)n1.O=S(=O)(O)O. The standard InChI is InChI=1S/C12H13N3O.H2O4S/c1-16-11(9-5-3-2-4-6-9)10-7-8-14-12(13)15-10;1-5(2,3)4/h2-8,11H,1H3,(H2,13,14,15);(H2,1,2,3,4). The first-order valence-electron chi connectivity index (χ1n) is 5.67. The fraction of sp³-hybridized carbons (Fsp3) is 0.167. The summed E-state index contributed by atoms with van der Waals surface area (Å²) < 4.78 is 37.0. The van der Waals surface area contributed by atoms with E-state index in [-0.39, 0.29) is 12.1 Å². The van der Waals surface area contributed by atoms with Crippen molar-refractivity contribution < 1.29 is 22.3 Å². The number of benzene rings is 1. The molecule has 1 unspecified atom stereocenters. The quantitative estimate of drug-likeness (QED) is 0.718. The largest absolute Gasteiger partial charge is 0.394 e. The molecule has 114 valence electrons. The molecule has 4 N–H and O–H groups in total. The summed E-state index contributed by atoms with van der Waals surface area (Å²) in [6.45, 7) is 0. The first-order chi connectivity index (χ1) is 9.81. The van der Waals surface area contributed by atoms with Crippen LogP contribution >= 0.6 is 0 Å². The third kappa shape index (κ3) is 6.77. The van der Waals surface area contributed by atoms with Gasteiger partial charge in [0.05, 0.1) is 5.69 Å². The molecule has 0 bridgehead atoms. The maximum atomic E-state index is 8.74. The molecule has 2 rings (SSSR count). The van der Waals surface area contributed by atoms with Crippen molar-refractivity contribution in [3.63, 3.8) is 0 Å². The lowest BCUT2D eigenvalue weighted by Gasteiger charge is -2.14. The van der Waals surface area contributed by atoms with Crippen LogP contribution in [0.25, 0.3) is 0 Å². The maximum Gasteiger partial charge on any atom is 0.394 e. The Balaban J connectivity index is 0.000000383. The van der Waals surface area contributed by atoms with Gasteiger partial charge in [0.2, 0.25) is 5.95 Å². The summed E-state index contributed by atoms with van der Waals surface area (Å²) >= 11 is 0. The van der Waals surface area contributed by atoms with E-state index in [0.29, 0.717) is 0 Å². The van der Waals surface area contributed by atoms with Crippen molar-refractivity contribution in [3.8, 4) is 0 Å². The second-order valence-corrected chi connectivity index (χ2v) is 4.71. The summed E-state index contributed by atoms with van der Waals surface area (Å²) in [6.07, 6.45) is 1.43. The van der Waals surface area contributed by atoms with Crippen LogP contribution in [0, 0.1) is 0 Å². The Morgan fingerprint density at radius 3 is 2.24 bits per heavy atom. The van der Waals surface area contributed by atoms with Crippen molar-refractivity contribution in [2.45, 2.75) is 6.10 Å². The van der Waals surface area contributed by atoms with Crippen LogP contribution in [0.3, 0.4) is 0 Å². The first-order valence-corrected chi connectivity index (χ1v) is 7.07. The Hall–Kier alpha value is -2.07. The zero-order chi connectivity index (χ0) is 15.9. The minimum Gasteiger partial charge on any atom is -0.370 e. The Morgan fingerprint density at radius 1 is 1.19 bits per heavy atom. The van der Waals surface area contributed by atoms with E-state index in [1.165, 1.54) is 0 Å². The van der Waals surface area contributed by atoms with Gasteiger partial charge in [-0.25, -0.2) is 9.97 Å². The molecule has 1 aromatic heterocycles. The van der Waals surface area contributed by atoms with Crippen LogP contribution in [0.1, 0.15) is 17.4 Å². The van der Waals surface area contributed by atoms with Crippen molar-refractivity contribution in [1.82, 2.24) is 9.97 Å². The van der Waals surface area contributed by atoms with Gasteiger partial charge in [0, 0.05) is 13.3 Å². The van der Waals surface area contributed by atoms with Gasteiger partial charge in [-0.1, -0.05) is 30.3 Å². The summed E-state index contributed by atoms with van der Waals surface area (Å²) in [6, 6.07) is 11.7. The monoisotopic (exact) mass is 313 g/mol. The zero-order valence-corrected chi connectivity index (χ0v) is 11.9. The number of hydrogen-bond acceptors (Lipinski definition) is 6. The summed E-state index contributed by atoms with van der Waals surface area (Å²) in [7, 11) is -3.02. The summed E-state index contributed by atoms with van der Waals surface area (Å²) in [4.78, 5) is 8.02. The molecule has 9 heteroatoms. The van der Waals surface area contributed by atoms with Gasteiger partial charge in [0.15, 0.2) is 0 Å². The second kappa shape index (κ2) is 7.64. The van der Waals surface area contributed by atoms with E-state index in [0.717, 1.165) is 11.3 Å². The molecule has 0 radical (unpaired) electrons. The molecule has 2 aromatic rings.